The Bertz CT molecular complexity index is 80.4. The Balaban J connectivity index is 3.47. The van der Waals surface area contributed by atoms with E-state index in [4.69, 9.17) is 33.2 Å². The summed E-state index contributed by atoms with van der Waals surface area (Å²) in [6.07, 6.45) is 0. The molecule has 0 nitrogen and oxygen atoms in total. The molecular weight excluding hydrogens is 211 g/mol. The lowest BCUT2D eigenvalue weighted by molar-refractivity contribution is 1.05. The van der Waals surface area contributed by atoms with Crippen molar-refractivity contribution in [1.29, 1.82) is 0 Å². The molecule has 0 rings (SSSR count). The van der Waals surface area contributed by atoms with E-state index in [2.05, 4.69) is 6.92 Å². The van der Waals surface area contributed by atoms with Crippen LogP contribution in [0.1, 0.15) is 6.92 Å². The molecule has 0 heterocycles. The first kappa shape index (κ1) is 10.3. The van der Waals surface area contributed by atoms with E-state index in [0.717, 1.165) is 6.04 Å². The minimum atomic E-state index is -1.87. The SMILES string of the molecule is CC(C[Si](C)(Cl)Cl)[Si]Cl. The van der Waals surface area contributed by atoms with Gasteiger partial charge in [-0.1, -0.05) is 6.92 Å². The summed E-state index contributed by atoms with van der Waals surface area (Å²) >= 11 is 17.3. The maximum absolute atomic E-state index is 5.86. The zero-order valence-corrected chi connectivity index (χ0v) is 9.69. The molecule has 0 amide bonds. The molecule has 0 aliphatic carbocycles. The van der Waals surface area contributed by atoms with Crippen molar-refractivity contribution in [2.45, 2.75) is 25.1 Å². The molecule has 0 fully saturated rings. The molecule has 9 heavy (non-hydrogen) atoms. The van der Waals surface area contributed by atoms with Crippen molar-refractivity contribution in [1.82, 2.24) is 0 Å². The number of halogens is 3. The predicted octanol–water partition coefficient (Wildman–Crippen LogP) is 3.20. The summed E-state index contributed by atoms with van der Waals surface area (Å²) in [5.41, 5.74) is 0.485. The average molecular weight is 220 g/mol. The molecule has 54 valence electrons. The zero-order chi connectivity index (χ0) is 7.49. The van der Waals surface area contributed by atoms with Crippen LogP contribution < -0.4 is 0 Å². The molecule has 0 saturated heterocycles. The average Bonchev–Trinajstić information content (AvgIpc) is 1.62. The monoisotopic (exact) mass is 218 g/mol. The van der Waals surface area contributed by atoms with E-state index in [1.807, 2.05) is 6.55 Å². The number of rotatable bonds is 3. The van der Waals surface area contributed by atoms with Crippen LogP contribution in [0.25, 0.3) is 0 Å². The lowest BCUT2D eigenvalue weighted by Gasteiger charge is -2.12. The molecule has 0 aromatic rings. The predicted molar refractivity (Wildman–Crippen MR) is 49.2 cm³/mol. The van der Waals surface area contributed by atoms with Crippen molar-refractivity contribution in [2.24, 2.45) is 0 Å². The summed E-state index contributed by atoms with van der Waals surface area (Å²) in [5, 5.41) is 0. The highest BCUT2D eigenvalue weighted by molar-refractivity contribution is 7.45. The van der Waals surface area contributed by atoms with E-state index < -0.39 is 6.69 Å². The van der Waals surface area contributed by atoms with Gasteiger partial charge in [0.15, 0.2) is 8.83 Å². The molecule has 0 aliphatic heterocycles. The van der Waals surface area contributed by atoms with Gasteiger partial charge in [-0.15, -0.1) is 22.2 Å². The van der Waals surface area contributed by atoms with E-state index in [9.17, 15) is 0 Å². The van der Waals surface area contributed by atoms with Gasteiger partial charge >= 0.3 is 0 Å². The molecule has 0 aromatic carbocycles. The zero-order valence-electron chi connectivity index (χ0n) is 5.42. The van der Waals surface area contributed by atoms with Crippen LogP contribution in [0.5, 0.6) is 0 Å². The third-order valence-corrected chi connectivity index (χ3v) is 5.21. The van der Waals surface area contributed by atoms with Gasteiger partial charge < -0.3 is 0 Å². The quantitative estimate of drug-likeness (QED) is 0.505. The number of hydrogen-bond acceptors (Lipinski definition) is 0. The van der Waals surface area contributed by atoms with Crippen LogP contribution >= 0.6 is 33.2 Å². The van der Waals surface area contributed by atoms with Crippen LogP contribution in [0.15, 0.2) is 0 Å². The molecular formula is C4H9Cl3Si2. The van der Waals surface area contributed by atoms with Crippen LogP contribution in [-0.2, 0) is 0 Å². The van der Waals surface area contributed by atoms with Crippen molar-refractivity contribution in [3.8, 4) is 0 Å². The highest BCUT2D eigenvalue weighted by Gasteiger charge is 2.23. The standard InChI is InChI=1S/C4H9Cl3Si2/c1-4(8-5)3-9(2,6)7/h4H,3H2,1-2H3. The first-order chi connectivity index (χ1) is 3.95. The van der Waals surface area contributed by atoms with Crippen LogP contribution in [0.2, 0.25) is 18.1 Å². The molecule has 0 saturated carbocycles. The second-order valence-electron chi connectivity index (χ2n) is 2.28. The Morgan fingerprint density at radius 1 is 1.56 bits per heavy atom. The Hall–Kier alpha value is 1.30. The second-order valence-corrected chi connectivity index (χ2v) is 12.3. The Labute approximate surface area is 73.8 Å². The van der Waals surface area contributed by atoms with E-state index in [1.54, 1.807) is 0 Å². The molecule has 0 N–H and O–H groups in total. The molecule has 5 heteroatoms. The summed E-state index contributed by atoms with van der Waals surface area (Å²) in [5.74, 6) is 0. The minimum absolute atomic E-state index is 0.443. The topological polar surface area (TPSA) is 0 Å². The van der Waals surface area contributed by atoms with Gasteiger partial charge in [-0.05, 0) is 18.1 Å². The first-order valence-electron chi connectivity index (χ1n) is 2.69. The maximum Gasteiger partial charge on any atom is 0.248 e. The molecule has 0 aliphatic rings. The van der Waals surface area contributed by atoms with Crippen molar-refractivity contribution in [3.05, 3.63) is 0 Å². The lowest BCUT2D eigenvalue weighted by Crippen LogP contribution is -2.15. The summed E-state index contributed by atoms with van der Waals surface area (Å²) in [4.78, 5) is 0. The summed E-state index contributed by atoms with van der Waals surface area (Å²) in [7, 11) is 0.443. The third-order valence-electron chi connectivity index (χ3n) is 0.851. The van der Waals surface area contributed by atoms with Crippen LogP contribution in [0.3, 0.4) is 0 Å². The Morgan fingerprint density at radius 3 is 2.11 bits per heavy atom. The molecule has 0 bridgehead atoms. The fourth-order valence-corrected chi connectivity index (χ4v) is 6.04. The highest BCUT2D eigenvalue weighted by Crippen LogP contribution is 2.27. The van der Waals surface area contributed by atoms with Crippen LogP contribution in [0.4, 0.5) is 0 Å². The van der Waals surface area contributed by atoms with E-state index >= 15 is 0 Å². The Morgan fingerprint density at radius 2 is 2.00 bits per heavy atom. The smallest absolute Gasteiger partial charge is 0.171 e. The van der Waals surface area contributed by atoms with Crippen molar-refractivity contribution in [3.63, 3.8) is 0 Å². The summed E-state index contributed by atoms with van der Waals surface area (Å²) in [6.45, 7) is 2.12. The van der Waals surface area contributed by atoms with Gasteiger partial charge in [-0.2, -0.15) is 11.1 Å². The summed E-state index contributed by atoms with van der Waals surface area (Å²) in [6, 6.07) is 0.901. The highest BCUT2D eigenvalue weighted by atomic mass is 35.7. The van der Waals surface area contributed by atoms with Gasteiger partial charge in [0.25, 0.3) is 0 Å². The molecule has 0 spiro atoms. The minimum Gasteiger partial charge on any atom is -0.171 e. The molecule has 1 unspecified atom stereocenters. The molecule has 0 aromatic heterocycles. The van der Waals surface area contributed by atoms with E-state index in [-0.39, 0.29) is 0 Å². The van der Waals surface area contributed by atoms with Crippen LogP contribution in [-0.4, -0.2) is 15.5 Å². The normalized spacial score (nSPS) is 15.7. The van der Waals surface area contributed by atoms with Gasteiger partial charge in [0.2, 0.25) is 6.69 Å². The lowest BCUT2D eigenvalue weighted by atomic mass is 10.6. The maximum atomic E-state index is 5.86. The van der Waals surface area contributed by atoms with Crippen molar-refractivity contribution < 1.29 is 0 Å². The summed E-state index contributed by atoms with van der Waals surface area (Å²) < 4.78 is 0. The third kappa shape index (κ3) is 7.20. The van der Waals surface area contributed by atoms with Crippen molar-refractivity contribution >= 4 is 48.8 Å². The van der Waals surface area contributed by atoms with Gasteiger partial charge in [-0.25, -0.2) is 0 Å². The van der Waals surface area contributed by atoms with Gasteiger partial charge in [0.05, 0.1) is 0 Å². The largest absolute Gasteiger partial charge is 0.248 e. The fourth-order valence-electron chi connectivity index (χ4n) is 0.576. The fraction of sp³-hybridized carbons (Fsp3) is 1.00. The Kier molecular flexibility index (Phi) is 4.85. The first-order valence-corrected chi connectivity index (χ1v) is 9.51. The van der Waals surface area contributed by atoms with E-state index in [1.165, 1.54) is 0 Å². The number of hydrogen-bond donors (Lipinski definition) is 0. The van der Waals surface area contributed by atoms with Gasteiger partial charge in [-0.3, -0.25) is 0 Å². The van der Waals surface area contributed by atoms with Crippen LogP contribution in [0, 0.1) is 0 Å². The molecule has 1 atom stereocenters. The van der Waals surface area contributed by atoms with E-state index in [0.29, 0.717) is 14.4 Å². The molecule has 2 radical (unpaired) electrons. The van der Waals surface area contributed by atoms with Crippen molar-refractivity contribution in [2.75, 3.05) is 0 Å². The van der Waals surface area contributed by atoms with Gasteiger partial charge in [0.1, 0.15) is 0 Å². The second kappa shape index (κ2) is 4.24. The van der Waals surface area contributed by atoms with Gasteiger partial charge in [0, 0.05) is 0 Å².